The first-order valence-corrected chi connectivity index (χ1v) is 13.5. The van der Waals surface area contributed by atoms with Crippen LogP contribution in [-0.2, 0) is 25.6 Å². The number of amides is 4. The van der Waals surface area contributed by atoms with E-state index >= 15 is 0 Å². The zero-order valence-electron chi connectivity index (χ0n) is 22.9. The second-order valence-corrected chi connectivity index (χ2v) is 10.5. The van der Waals surface area contributed by atoms with Crippen LogP contribution < -0.4 is 22.1 Å². The number of benzene rings is 2. The summed E-state index contributed by atoms with van der Waals surface area (Å²) in [7, 11) is 3.87. The van der Waals surface area contributed by atoms with Gasteiger partial charge in [-0.25, -0.2) is 0 Å². The number of nitrogens with zero attached hydrogens (tertiary/aromatic N) is 1. The van der Waals surface area contributed by atoms with Crippen molar-refractivity contribution in [3.63, 3.8) is 0 Å². The normalized spacial score (nSPS) is 13.2. The van der Waals surface area contributed by atoms with Crippen molar-refractivity contribution in [3.8, 4) is 0 Å². The van der Waals surface area contributed by atoms with E-state index in [4.69, 9.17) is 23.1 Å². The molecule has 40 heavy (non-hydrogen) atoms. The van der Waals surface area contributed by atoms with Crippen LogP contribution in [0.5, 0.6) is 0 Å². The second kappa shape index (κ2) is 16.4. The third-order valence-corrected chi connectivity index (χ3v) is 6.63. The number of hydrogen-bond acceptors (Lipinski definition) is 6. The Balaban J connectivity index is 2.26. The number of primary amides is 2. The van der Waals surface area contributed by atoms with Crippen molar-refractivity contribution in [1.29, 1.82) is 0 Å². The highest BCUT2D eigenvalue weighted by molar-refractivity contribution is 6.30. The average Bonchev–Trinajstić information content (AvgIpc) is 2.90. The van der Waals surface area contributed by atoms with Crippen LogP contribution in [0.4, 0.5) is 0 Å². The summed E-state index contributed by atoms with van der Waals surface area (Å²) in [6, 6.07) is 13.2. The molecule has 0 saturated carbocycles. The first kappa shape index (κ1) is 32.5. The molecule has 0 unspecified atom stereocenters. The summed E-state index contributed by atoms with van der Waals surface area (Å²) in [6.07, 6.45) is 1.32. The lowest BCUT2D eigenvalue weighted by molar-refractivity contribution is -0.133. The molecular weight excluding hydrogens is 534 g/mol. The van der Waals surface area contributed by atoms with Crippen LogP contribution in [0.1, 0.15) is 48.0 Å². The van der Waals surface area contributed by atoms with Gasteiger partial charge in [0.05, 0.1) is 12.5 Å². The van der Waals surface area contributed by atoms with Gasteiger partial charge >= 0.3 is 0 Å². The number of Topliss-reactive ketones (excluding diaryl/α,β-unsaturated/α-hetero) is 1. The first-order valence-electron chi connectivity index (χ1n) is 13.1. The van der Waals surface area contributed by atoms with Crippen LogP contribution in [0.15, 0.2) is 54.6 Å². The predicted octanol–water partition coefficient (Wildman–Crippen LogP) is 1.83. The molecule has 10 nitrogen and oxygen atoms in total. The maximum Gasteiger partial charge on any atom is 0.251 e. The van der Waals surface area contributed by atoms with Crippen molar-refractivity contribution in [2.45, 2.75) is 50.6 Å². The second-order valence-electron chi connectivity index (χ2n) is 10.0. The number of nitrogens with one attached hydrogen (secondary N) is 2. The number of carbonyl (C=O) groups excluding carboxylic acids is 5. The van der Waals surface area contributed by atoms with Gasteiger partial charge in [-0.1, -0.05) is 48.4 Å². The Labute approximate surface area is 239 Å². The molecule has 0 aliphatic heterocycles. The highest BCUT2D eigenvalue weighted by Gasteiger charge is 2.30. The van der Waals surface area contributed by atoms with Crippen molar-refractivity contribution in [2.75, 3.05) is 20.6 Å². The predicted molar refractivity (Wildman–Crippen MR) is 153 cm³/mol. The molecule has 4 amide bonds. The zero-order valence-corrected chi connectivity index (χ0v) is 23.7. The van der Waals surface area contributed by atoms with Gasteiger partial charge in [-0.15, -0.1) is 0 Å². The van der Waals surface area contributed by atoms with Gasteiger partial charge in [0.2, 0.25) is 17.7 Å². The summed E-state index contributed by atoms with van der Waals surface area (Å²) in [5.74, 6) is -3.86. The maximum absolute atomic E-state index is 13.6. The van der Waals surface area contributed by atoms with Crippen molar-refractivity contribution in [2.24, 2.45) is 17.4 Å². The Hall–Kier alpha value is -3.76. The van der Waals surface area contributed by atoms with Gasteiger partial charge in [-0.05, 0) is 69.7 Å². The molecule has 3 atom stereocenters. The molecule has 0 aromatic heterocycles. The Bertz CT molecular complexity index is 1160. The Kier molecular flexibility index (Phi) is 13.3. The van der Waals surface area contributed by atoms with Crippen LogP contribution in [0.25, 0.3) is 0 Å². The molecule has 2 aromatic rings. The number of unbranched alkanes of at least 4 members (excludes halogenated alkanes) is 1. The highest BCUT2D eigenvalue weighted by atomic mass is 35.5. The lowest BCUT2D eigenvalue weighted by Gasteiger charge is -2.23. The van der Waals surface area contributed by atoms with E-state index in [0.717, 1.165) is 18.5 Å². The van der Waals surface area contributed by atoms with Gasteiger partial charge < -0.3 is 27.0 Å². The van der Waals surface area contributed by atoms with Crippen LogP contribution in [-0.4, -0.2) is 67.0 Å². The fraction of sp³-hybridized carbons (Fsp3) is 0.414. The van der Waals surface area contributed by atoms with E-state index < -0.39 is 48.1 Å². The van der Waals surface area contributed by atoms with E-state index in [9.17, 15) is 24.0 Å². The third-order valence-electron chi connectivity index (χ3n) is 6.37. The molecule has 0 spiro atoms. The van der Waals surface area contributed by atoms with Crippen LogP contribution in [0, 0.1) is 5.92 Å². The molecule has 0 aliphatic rings. The van der Waals surface area contributed by atoms with Crippen molar-refractivity contribution >= 4 is 41.0 Å². The Morgan fingerprint density at radius 2 is 1.50 bits per heavy atom. The lowest BCUT2D eigenvalue weighted by atomic mass is 9.90. The number of halogens is 1. The molecule has 0 saturated heterocycles. The number of carbonyl (C=O) groups is 5. The molecule has 2 rings (SSSR count). The minimum absolute atomic E-state index is 0.190. The summed E-state index contributed by atoms with van der Waals surface area (Å²) in [5.41, 5.74) is 11.7. The molecule has 0 aliphatic carbocycles. The zero-order chi connectivity index (χ0) is 29.7. The fourth-order valence-electron chi connectivity index (χ4n) is 4.18. The SMILES string of the molecule is CN(C)CCCC[C@H](CC(=O)[C@H](Cc1ccc(Cl)cc1)NC(=O)c1ccccc1)C(=O)N[C@@H](CC(N)=O)C(N)=O. The summed E-state index contributed by atoms with van der Waals surface area (Å²) in [6.45, 7) is 0.792. The van der Waals surface area contributed by atoms with Gasteiger partial charge in [0.25, 0.3) is 5.91 Å². The van der Waals surface area contributed by atoms with Crippen LogP contribution >= 0.6 is 11.6 Å². The van der Waals surface area contributed by atoms with Crippen molar-refractivity contribution in [1.82, 2.24) is 15.5 Å². The number of rotatable bonds is 17. The van der Waals surface area contributed by atoms with E-state index in [1.54, 1.807) is 54.6 Å². The molecule has 6 N–H and O–H groups in total. The molecule has 2 aromatic carbocycles. The van der Waals surface area contributed by atoms with Gasteiger partial charge in [-0.2, -0.15) is 0 Å². The molecule has 0 fully saturated rings. The fourth-order valence-corrected chi connectivity index (χ4v) is 4.30. The van der Waals surface area contributed by atoms with E-state index in [-0.39, 0.29) is 18.6 Å². The molecule has 0 radical (unpaired) electrons. The summed E-state index contributed by atoms with van der Waals surface area (Å²) >= 11 is 6.01. The lowest BCUT2D eigenvalue weighted by Crippen LogP contribution is -2.49. The standard InChI is InChI=1S/C29H38ClN5O5/c1-35(2)15-7-6-10-21(29(40)34-24(27(32)38)18-26(31)37)17-25(36)23(16-19-11-13-22(30)14-12-19)33-28(39)20-8-4-3-5-9-20/h3-5,8-9,11-14,21,23-24H,6-7,10,15-18H2,1-2H3,(H2,31,37)(H2,32,38)(H,33,39)(H,34,40)/t21-,23+,24+/m1/s1. The number of nitrogens with two attached hydrogens (primary N) is 2. The molecular formula is C29H38ClN5O5. The minimum Gasteiger partial charge on any atom is -0.370 e. The Morgan fingerprint density at radius 1 is 0.850 bits per heavy atom. The van der Waals surface area contributed by atoms with Gasteiger partial charge in [0, 0.05) is 22.9 Å². The number of hydrogen-bond donors (Lipinski definition) is 4. The van der Waals surface area contributed by atoms with E-state index in [2.05, 4.69) is 10.6 Å². The van der Waals surface area contributed by atoms with E-state index in [0.29, 0.717) is 23.4 Å². The van der Waals surface area contributed by atoms with Crippen LogP contribution in [0.2, 0.25) is 5.02 Å². The number of ketones is 1. The first-order chi connectivity index (χ1) is 19.0. The van der Waals surface area contributed by atoms with Gasteiger partial charge in [0.1, 0.15) is 6.04 Å². The average molecular weight is 572 g/mol. The maximum atomic E-state index is 13.6. The van der Waals surface area contributed by atoms with Gasteiger partial charge in [-0.3, -0.25) is 24.0 Å². The quantitative estimate of drug-likeness (QED) is 0.211. The molecule has 11 heteroatoms. The highest BCUT2D eigenvalue weighted by Crippen LogP contribution is 2.19. The van der Waals surface area contributed by atoms with Gasteiger partial charge in [0.15, 0.2) is 5.78 Å². The molecule has 216 valence electrons. The summed E-state index contributed by atoms with van der Waals surface area (Å²) in [4.78, 5) is 65.0. The minimum atomic E-state index is -1.29. The van der Waals surface area contributed by atoms with Crippen molar-refractivity contribution < 1.29 is 24.0 Å². The summed E-state index contributed by atoms with van der Waals surface area (Å²) in [5, 5.41) is 5.83. The summed E-state index contributed by atoms with van der Waals surface area (Å²) < 4.78 is 0. The third kappa shape index (κ3) is 11.5. The van der Waals surface area contributed by atoms with E-state index in [1.807, 2.05) is 19.0 Å². The molecule has 0 heterocycles. The topological polar surface area (TPSA) is 165 Å². The smallest absolute Gasteiger partial charge is 0.251 e. The monoisotopic (exact) mass is 571 g/mol. The van der Waals surface area contributed by atoms with Crippen molar-refractivity contribution in [3.05, 3.63) is 70.7 Å². The van der Waals surface area contributed by atoms with E-state index in [1.165, 1.54) is 0 Å². The van der Waals surface area contributed by atoms with Crippen LogP contribution in [0.3, 0.4) is 0 Å². The molecule has 0 bridgehead atoms. The Morgan fingerprint density at radius 3 is 2.08 bits per heavy atom. The largest absolute Gasteiger partial charge is 0.370 e.